The van der Waals surface area contributed by atoms with Crippen LogP contribution in [0.4, 0.5) is 0 Å². The van der Waals surface area contributed by atoms with E-state index >= 15 is 0 Å². The van der Waals surface area contributed by atoms with Gasteiger partial charge < -0.3 is 14.8 Å². The number of hydrogen-bond acceptors (Lipinski definition) is 4. The number of ether oxygens (including phenoxy) is 2. The van der Waals surface area contributed by atoms with Crippen molar-refractivity contribution in [2.75, 3.05) is 24.7 Å². The maximum atomic E-state index is 5.63. The van der Waals surface area contributed by atoms with Gasteiger partial charge in [0.1, 0.15) is 13.2 Å². The minimum absolute atomic E-state index is 0.322. The Morgan fingerprint density at radius 3 is 2.68 bits per heavy atom. The highest BCUT2D eigenvalue weighted by Crippen LogP contribution is 2.32. The molecule has 0 aromatic heterocycles. The van der Waals surface area contributed by atoms with Gasteiger partial charge in [0.05, 0.1) is 0 Å². The van der Waals surface area contributed by atoms with Gasteiger partial charge in [-0.2, -0.15) is 11.8 Å². The lowest BCUT2D eigenvalue weighted by molar-refractivity contribution is 0.171. The zero-order valence-electron chi connectivity index (χ0n) is 11.9. The van der Waals surface area contributed by atoms with Crippen LogP contribution in [0.3, 0.4) is 0 Å². The summed E-state index contributed by atoms with van der Waals surface area (Å²) in [7, 11) is 0. The van der Waals surface area contributed by atoms with Crippen LogP contribution in [0.15, 0.2) is 18.2 Å². The Kier molecular flexibility index (Phi) is 5.40. The van der Waals surface area contributed by atoms with Crippen LogP contribution in [0.5, 0.6) is 11.5 Å². The lowest BCUT2D eigenvalue weighted by Gasteiger charge is -2.23. The average Bonchev–Trinajstić information content (AvgIpc) is 2.44. The second-order valence-corrected chi connectivity index (χ2v) is 6.17. The summed E-state index contributed by atoms with van der Waals surface area (Å²) >= 11 is 1.97. The van der Waals surface area contributed by atoms with Gasteiger partial charge in [0.25, 0.3) is 0 Å². The number of benzene rings is 1. The molecule has 0 amide bonds. The third-order valence-corrected chi connectivity index (χ3v) is 4.32. The zero-order chi connectivity index (χ0) is 13.7. The molecule has 0 saturated carbocycles. The van der Waals surface area contributed by atoms with Gasteiger partial charge in [-0.1, -0.05) is 13.0 Å². The predicted molar refractivity (Wildman–Crippen MR) is 81.4 cm³/mol. The van der Waals surface area contributed by atoms with E-state index in [1.54, 1.807) is 0 Å². The first-order chi connectivity index (χ1) is 9.20. The third-order valence-electron chi connectivity index (χ3n) is 3.17. The van der Waals surface area contributed by atoms with Gasteiger partial charge >= 0.3 is 0 Å². The van der Waals surface area contributed by atoms with Crippen molar-refractivity contribution in [3.8, 4) is 11.5 Å². The lowest BCUT2D eigenvalue weighted by atomic mass is 10.1. The van der Waals surface area contributed by atoms with E-state index in [1.807, 2.05) is 17.8 Å². The molecule has 0 aliphatic carbocycles. The van der Waals surface area contributed by atoms with Crippen LogP contribution in [-0.4, -0.2) is 30.8 Å². The van der Waals surface area contributed by atoms with Crippen molar-refractivity contribution in [3.05, 3.63) is 23.8 Å². The molecule has 3 nitrogen and oxygen atoms in total. The van der Waals surface area contributed by atoms with Crippen LogP contribution in [0, 0.1) is 0 Å². The van der Waals surface area contributed by atoms with Crippen LogP contribution >= 0.6 is 11.8 Å². The van der Waals surface area contributed by atoms with Gasteiger partial charge in [-0.05, 0) is 37.3 Å². The summed E-state index contributed by atoms with van der Waals surface area (Å²) in [5, 5.41) is 3.62. The molecule has 2 atom stereocenters. The number of hydrogen-bond donors (Lipinski definition) is 1. The molecule has 1 aliphatic heterocycles. The van der Waals surface area contributed by atoms with E-state index in [0.29, 0.717) is 25.3 Å². The molecule has 0 fully saturated rings. The van der Waals surface area contributed by atoms with E-state index in [1.165, 1.54) is 11.3 Å². The molecule has 0 radical (unpaired) electrons. The summed E-state index contributed by atoms with van der Waals surface area (Å²) in [6.45, 7) is 7.91. The molecule has 1 aromatic carbocycles. The Morgan fingerprint density at radius 1 is 1.21 bits per heavy atom. The molecule has 1 aromatic rings. The molecule has 106 valence electrons. The van der Waals surface area contributed by atoms with Crippen LogP contribution < -0.4 is 14.8 Å². The smallest absolute Gasteiger partial charge is 0.161 e. The Hall–Kier alpha value is -0.870. The highest BCUT2D eigenvalue weighted by atomic mass is 32.2. The molecule has 2 unspecified atom stereocenters. The molecule has 0 bridgehead atoms. The molecule has 1 aliphatic rings. The summed E-state index contributed by atoms with van der Waals surface area (Å²) in [6.07, 6.45) is 0. The van der Waals surface area contributed by atoms with Crippen molar-refractivity contribution >= 4 is 11.8 Å². The molecular weight excluding hydrogens is 258 g/mol. The molecule has 1 N–H and O–H groups in total. The maximum absolute atomic E-state index is 5.63. The van der Waals surface area contributed by atoms with Crippen molar-refractivity contribution in [1.29, 1.82) is 0 Å². The summed E-state index contributed by atoms with van der Waals surface area (Å²) in [5.74, 6) is 4.04. The Balaban J connectivity index is 1.97. The zero-order valence-corrected chi connectivity index (χ0v) is 12.8. The van der Waals surface area contributed by atoms with E-state index in [0.717, 1.165) is 17.3 Å². The fourth-order valence-corrected chi connectivity index (χ4v) is 2.88. The molecule has 1 heterocycles. The van der Waals surface area contributed by atoms with E-state index < -0.39 is 0 Å². The molecule has 4 heteroatoms. The van der Waals surface area contributed by atoms with Gasteiger partial charge in [0.2, 0.25) is 0 Å². The quantitative estimate of drug-likeness (QED) is 0.867. The van der Waals surface area contributed by atoms with Gasteiger partial charge in [0.15, 0.2) is 11.5 Å². The highest BCUT2D eigenvalue weighted by Gasteiger charge is 2.15. The third kappa shape index (κ3) is 4.05. The molecule has 19 heavy (non-hydrogen) atoms. The minimum atomic E-state index is 0.322. The van der Waals surface area contributed by atoms with E-state index in [4.69, 9.17) is 9.47 Å². The van der Waals surface area contributed by atoms with Crippen molar-refractivity contribution in [1.82, 2.24) is 5.32 Å². The number of fused-ring (bicyclic) bond motifs is 1. The molecular formula is C15H23NO2S. The topological polar surface area (TPSA) is 30.5 Å². The van der Waals surface area contributed by atoms with Crippen LogP contribution in [0.2, 0.25) is 0 Å². The Bertz CT molecular complexity index is 411. The number of thioether (sulfide) groups is 1. The second kappa shape index (κ2) is 7.06. The average molecular weight is 281 g/mol. The van der Waals surface area contributed by atoms with E-state index in [9.17, 15) is 0 Å². The van der Waals surface area contributed by atoms with Crippen LogP contribution in [0.1, 0.15) is 32.4 Å². The largest absolute Gasteiger partial charge is 0.486 e. The molecule has 0 spiro atoms. The monoisotopic (exact) mass is 281 g/mol. The summed E-state index contributed by atoms with van der Waals surface area (Å²) in [4.78, 5) is 0. The van der Waals surface area contributed by atoms with Crippen molar-refractivity contribution in [2.45, 2.75) is 32.9 Å². The second-order valence-electron chi connectivity index (χ2n) is 4.85. The normalized spacial score (nSPS) is 17.0. The number of nitrogens with one attached hydrogen (secondary N) is 1. The van der Waals surface area contributed by atoms with Crippen molar-refractivity contribution < 1.29 is 9.47 Å². The Labute approximate surface area is 120 Å². The van der Waals surface area contributed by atoms with Crippen molar-refractivity contribution in [2.24, 2.45) is 0 Å². The van der Waals surface area contributed by atoms with Crippen molar-refractivity contribution in [3.63, 3.8) is 0 Å². The summed E-state index contributed by atoms with van der Waals surface area (Å²) in [5.41, 5.74) is 1.25. The first kappa shape index (κ1) is 14.5. The van der Waals surface area contributed by atoms with E-state index in [-0.39, 0.29) is 0 Å². The lowest BCUT2D eigenvalue weighted by Crippen LogP contribution is -2.31. The first-order valence-corrected chi connectivity index (χ1v) is 8.09. The van der Waals surface area contributed by atoms with Gasteiger partial charge in [-0.15, -0.1) is 0 Å². The van der Waals surface area contributed by atoms with Crippen LogP contribution in [0.25, 0.3) is 0 Å². The highest BCUT2D eigenvalue weighted by molar-refractivity contribution is 7.99. The summed E-state index contributed by atoms with van der Waals surface area (Å²) < 4.78 is 11.2. The SMILES string of the molecule is CCSCC(C)NC(C)c1ccc2c(c1)OCCO2. The van der Waals surface area contributed by atoms with Gasteiger partial charge in [-0.3, -0.25) is 0 Å². The fraction of sp³-hybridized carbons (Fsp3) is 0.600. The minimum Gasteiger partial charge on any atom is -0.486 e. The van der Waals surface area contributed by atoms with Gasteiger partial charge in [0, 0.05) is 17.8 Å². The standard InChI is InChI=1S/C15H23NO2S/c1-4-19-10-11(2)16-12(3)13-5-6-14-15(9-13)18-8-7-17-14/h5-6,9,11-12,16H,4,7-8,10H2,1-3H3. The maximum Gasteiger partial charge on any atom is 0.161 e. The van der Waals surface area contributed by atoms with Crippen LogP contribution in [-0.2, 0) is 0 Å². The molecule has 0 saturated heterocycles. The Morgan fingerprint density at radius 2 is 1.95 bits per heavy atom. The number of rotatable bonds is 6. The first-order valence-electron chi connectivity index (χ1n) is 6.94. The van der Waals surface area contributed by atoms with E-state index in [2.05, 4.69) is 38.2 Å². The van der Waals surface area contributed by atoms with Gasteiger partial charge in [-0.25, -0.2) is 0 Å². The summed E-state index contributed by atoms with van der Waals surface area (Å²) in [6, 6.07) is 7.04. The molecule has 2 rings (SSSR count). The fourth-order valence-electron chi connectivity index (χ4n) is 2.20. The predicted octanol–water partition coefficient (Wildman–Crippen LogP) is 3.25.